The first-order chi connectivity index (χ1) is 13.2. The summed E-state index contributed by atoms with van der Waals surface area (Å²) in [6.07, 6.45) is 2.34. The third-order valence-electron chi connectivity index (χ3n) is 3.52. The van der Waals surface area contributed by atoms with E-state index in [4.69, 9.17) is 14.2 Å². The predicted octanol–water partition coefficient (Wildman–Crippen LogP) is 4.04. The molecule has 0 fully saturated rings. The van der Waals surface area contributed by atoms with E-state index in [1.165, 1.54) is 23.5 Å². The fourth-order valence-electron chi connectivity index (χ4n) is 2.26. The van der Waals surface area contributed by atoms with Gasteiger partial charge in [-0.25, -0.2) is 14.8 Å². The van der Waals surface area contributed by atoms with Gasteiger partial charge in [0.15, 0.2) is 5.13 Å². The van der Waals surface area contributed by atoms with E-state index in [0.29, 0.717) is 36.6 Å². The van der Waals surface area contributed by atoms with Crippen molar-refractivity contribution in [1.82, 2.24) is 9.71 Å². The van der Waals surface area contributed by atoms with Gasteiger partial charge in [-0.15, -0.1) is 11.3 Å². The van der Waals surface area contributed by atoms with E-state index in [0.717, 1.165) is 12.0 Å². The molecule has 8 nitrogen and oxygen atoms in total. The van der Waals surface area contributed by atoms with Gasteiger partial charge in [-0.2, -0.15) is 8.78 Å². The molecule has 0 unspecified atom stereocenters. The molecule has 0 bridgehead atoms. The average Bonchev–Trinajstić information content (AvgIpc) is 3.05. The van der Waals surface area contributed by atoms with Gasteiger partial charge in [0.2, 0.25) is 5.91 Å². The summed E-state index contributed by atoms with van der Waals surface area (Å²) in [5.41, 5.74) is 1.34. The number of alkyl halides is 2. The molecule has 0 aliphatic heterocycles. The van der Waals surface area contributed by atoms with Crippen LogP contribution < -0.4 is 19.9 Å². The van der Waals surface area contributed by atoms with Crippen LogP contribution in [0.1, 0.15) is 25.7 Å². The van der Waals surface area contributed by atoms with Crippen molar-refractivity contribution in [3.8, 4) is 17.0 Å². The minimum absolute atomic E-state index is 0.0641. The van der Waals surface area contributed by atoms with Crippen molar-refractivity contribution in [3.63, 3.8) is 0 Å². The van der Waals surface area contributed by atoms with E-state index >= 15 is 0 Å². The number of ether oxygens (including phenoxy) is 1. The highest BCUT2D eigenvalue weighted by Crippen LogP contribution is 2.27. The highest BCUT2D eigenvalue weighted by Gasteiger charge is 2.10. The van der Waals surface area contributed by atoms with E-state index in [2.05, 4.69) is 19.8 Å². The number of benzene rings is 1. The van der Waals surface area contributed by atoms with Crippen molar-refractivity contribution in [2.45, 2.75) is 32.3 Å². The van der Waals surface area contributed by atoms with Crippen molar-refractivity contribution < 1.29 is 27.4 Å². The molecular formula is C16H22F2N4O4S2. The molecule has 28 heavy (non-hydrogen) atoms. The summed E-state index contributed by atoms with van der Waals surface area (Å²) in [6.45, 7) is -2.51. The van der Waals surface area contributed by atoms with E-state index in [1.807, 2.05) is 0 Å². The Bertz CT molecular complexity index is 754. The topological polar surface area (TPSA) is 130 Å². The van der Waals surface area contributed by atoms with Crippen molar-refractivity contribution in [3.05, 3.63) is 29.6 Å². The van der Waals surface area contributed by atoms with Crippen molar-refractivity contribution in [2.75, 3.05) is 11.9 Å². The fraction of sp³-hybridized carbons (Fsp3) is 0.375. The molecule has 0 saturated carbocycles. The number of thiazole rings is 1. The molecule has 0 aliphatic carbocycles. The maximum absolute atomic E-state index is 12.2. The first-order valence-corrected chi connectivity index (χ1v) is 10.8. The second kappa shape index (κ2) is 10.6. The van der Waals surface area contributed by atoms with E-state index in [-0.39, 0.29) is 11.7 Å². The van der Waals surface area contributed by atoms with Crippen LogP contribution in [0.4, 0.5) is 13.9 Å². The second-order valence-corrected chi connectivity index (χ2v) is 8.12. The number of rotatable bonds is 11. The summed E-state index contributed by atoms with van der Waals surface area (Å²) in [6, 6.07) is 6.08. The van der Waals surface area contributed by atoms with Crippen LogP contribution in [0.15, 0.2) is 29.6 Å². The zero-order chi connectivity index (χ0) is 20.6. The van der Waals surface area contributed by atoms with Gasteiger partial charge in [0.05, 0.1) is 5.69 Å². The molecule has 1 aromatic carbocycles. The van der Waals surface area contributed by atoms with Crippen LogP contribution in [-0.4, -0.2) is 33.2 Å². The number of nitrogens with one attached hydrogen (secondary N) is 2. The highest BCUT2D eigenvalue weighted by molar-refractivity contribution is 8.20. The van der Waals surface area contributed by atoms with Crippen molar-refractivity contribution >= 4 is 33.3 Å². The Hall–Kier alpha value is -1.83. The number of carbonyl (C=O) groups is 1. The molecule has 2 rings (SSSR count). The number of nitrogens with two attached hydrogens (primary N) is 1. The van der Waals surface area contributed by atoms with Gasteiger partial charge >= 0.3 is 6.61 Å². The molecule has 1 amide bonds. The number of halogens is 2. The number of amides is 1. The molecule has 6 N–H and O–H groups in total. The lowest BCUT2D eigenvalue weighted by Crippen LogP contribution is -2.27. The standard InChI is InChI=1S/C16H22F2N4O4S2/c17-15(18)26-12-7-5-11(6-8-12)13-10-27-16(21-13)22-14(23)4-2-1-3-9-20-28(19,24)25/h5-8,10,15,20,24-25H,1-4,9,19H2,(H,21,22,23). The van der Waals surface area contributed by atoms with Gasteiger partial charge in [0, 0.05) is 23.9 Å². The van der Waals surface area contributed by atoms with Crippen LogP contribution in [0.5, 0.6) is 5.75 Å². The second-order valence-electron chi connectivity index (χ2n) is 5.79. The Morgan fingerprint density at radius 2 is 1.96 bits per heavy atom. The molecule has 0 aliphatic rings. The van der Waals surface area contributed by atoms with Crippen LogP contribution in [0.3, 0.4) is 0 Å². The molecule has 1 aromatic heterocycles. The van der Waals surface area contributed by atoms with Crippen LogP contribution in [0.2, 0.25) is 0 Å². The Morgan fingerprint density at radius 3 is 2.61 bits per heavy atom. The molecule has 2 aromatic rings. The van der Waals surface area contributed by atoms with E-state index < -0.39 is 17.6 Å². The van der Waals surface area contributed by atoms with Crippen LogP contribution >= 0.6 is 22.3 Å². The van der Waals surface area contributed by atoms with Gasteiger partial charge in [0.1, 0.15) is 5.75 Å². The van der Waals surface area contributed by atoms with Crippen molar-refractivity contribution in [2.24, 2.45) is 5.14 Å². The fourth-order valence-corrected chi connectivity index (χ4v) is 3.44. The summed E-state index contributed by atoms with van der Waals surface area (Å²) in [4.78, 5) is 16.3. The van der Waals surface area contributed by atoms with Gasteiger partial charge in [0.25, 0.3) is 0 Å². The SMILES string of the molecule is NS(O)(O)NCCCCCC(=O)Nc1nc(-c2ccc(OC(F)F)cc2)cs1. The number of nitrogens with zero attached hydrogens (tertiary/aromatic N) is 1. The number of anilines is 1. The lowest BCUT2D eigenvalue weighted by atomic mass is 10.2. The molecule has 156 valence electrons. The maximum Gasteiger partial charge on any atom is 0.387 e. The lowest BCUT2D eigenvalue weighted by molar-refractivity contribution is -0.116. The van der Waals surface area contributed by atoms with Gasteiger partial charge < -0.3 is 10.1 Å². The van der Waals surface area contributed by atoms with Crippen LogP contribution in [0.25, 0.3) is 11.3 Å². The van der Waals surface area contributed by atoms with Gasteiger partial charge in [-0.1, -0.05) is 17.4 Å². The normalized spacial score (nSPS) is 12.2. The lowest BCUT2D eigenvalue weighted by Gasteiger charge is -2.26. The Labute approximate surface area is 166 Å². The predicted molar refractivity (Wildman–Crippen MR) is 106 cm³/mol. The minimum Gasteiger partial charge on any atom is -0.435 e. The van der Waals surface area contributed by atoms with Gasteiger partial charge in [-0.3, -0.25) is 13.9 Å². The zero-order valence-electron chi connectivity index (χ0n) is 14.8. The summed E-state index contributed by atoms with van der Waals surface area (Å²) in [7, 11) is -3.17. The number of aromatic nitrogens is 1. The molecule has 0 saturated heterocycles. The summed E-state index contributed by atoms with van der Waals surface area (Å²) in [5, 5.41) is 9.96. The smallest absolute Gasteiger partial charge is 0.387 e. The monoisotopic (exact) mass is 436 g/mol. The van der Waals surface area contributed by atoms with Crippen molar-refractivity contribution in [1.29, 1.82) is 0 Å². The third-order valence-corrected chi connectivity index (χ3v) is 4.91. The minimum atomic E-state index is -3.17. The third kappa shape index (κ3) is 8.46. The molecule has 12 heteroatoms. The summed E-state index contributed by atoms with van der Waals surface area (Å²) in [5.74, 6) is -0.105. The highest BCUT2D eigenvalue weighted by atomic mass is 32.3. The molecular weight excluding hydrogens is 414 g/mol. The summed E-state index contributed by atoms with van der Waals surface area (Å²) < 4.78 is 48.9. The number of carbonyl (C=O) groups excluding carboxylic acids is 1. The Morgan fingerprint density at radius 1 is 1.25 bits per heavy atom. The first-order valence-electron chi connectivity index (χ1n) is 8.34. The molecule has 1 heterocycles. The van der Waals surface area contributed by atoms with Gasteiger partial charge in [-0.05, 0) is 37.1 Å². The Balaban J connectivity index is 1.74. The number of hydrogen-bond acceptors (Lipinski definition) is 8. The number of unbranched alkanes of at least 4 members (excludes halogenated alkanes) is 2. The van der Waals surface area contributed by atoms with Crippen LogP contribution in [-0.2, 0) is 4.79 Å². The van der Waals surface area contributed by atoms with E-state index in [1.54, 1.807) is 17.5 Å². The zero-order valence-corrected chi connectivity index (χ0v) is 16.4. The average molecular weight is 437 g/mol. The van der Waals surface area contributed by atoms with Crippen LogP contribution in [0, 0.1) is 0 Å². The quantitative estimate of drug-likeness (QED) is 0.336. The Kier molecular flexibility index (Phi) is 8.54. The maximum atomic E-state index is 12.2. The van der Waals surface area contributed by atoms with E-state index in [9.17, 15) is 13.6 Å². The largest absolute Gasteiger partial charge is 0.435 e. The molecule has 0 spiro atoms. The summed E-state index contributed by atoms with van der Waals surface area (Å²) >= 11 is 1.27. The first kappa shape index (κ1) is 22.5. The molecule has 0 radical (unpaired) electrons. The molecule has 0 atom stereocenters. The number of hydrogen-bond donors (Lipinski definition) is 5.